The zero-order valence-corrected chi connectivity index (χ0v) is 20.0. The molecule has 0 radical (unpaired) electrons. The number of H-pyrrole nitrogens is 2. The number of aliphatic hydroxyl groups excluding tert-OH is 1. The van der Waals surface area contributed by atoms with Gasteiger partial charge in [0.2, 0.25) is 23.6 Å². The van der Waals surface area contributed by atoms with Gasteiger partial charge in [0, 0.05) is 43.0 Å². The van der Waals surface area contributed by atoms with Crippen LogP contribution in [0.4, 0.5) is 0 Å². The summed E-state index contributed by atoms with van der Waals surface area (Å²) in [6.45, 7) is 1.26. The van der Waals surface area contributed by atoms with E-state index in [1.54, 1.807) is 0 Å². The molecule has 16 heteroatoms. The summed E-state index contributed by atoms with van der Waals surface area (Å²) in [7, 11) is 0. The zero-order valence-electron chi connectivity index (χ0n) is 20.0. The van der Waals surface area contributed by atoms with Crippen molar-refractivity contribution in [3.63, 3.8) is 0 Å². The van der Waals surface area contributed by atoms with Crippen LogP contribution in [0.15, 0.2) is 25.0 Å². The molecule has 202 valence electrons. The Labute approximate surface area is 211 Å². The Balaban J connectivity index is 2.13. The molecule has 0 aromatic carbocycles. The molecule has 0 saturated carbocycles. The fourth-order valence-corrected chi connectivity index (χ4v) is 3.29. The van der Waals surface area contributed by atoms with Gasteiger partial charge in [0.1, 0.15) is 18.1 Å². The van der Waals surface area contributed by atoms with Crippen molar-refractivity contribution in [2.24, 2.45) is 11.5 Å². The van der Waals surface area contributed by atoms with Gasteiger partial charge < -0.3 is 47.6 Å². The number of carboxylic acid groups (broad SMARTS) is 1. The number of carboxylic acids is 1. The molecule has 0 fully saturated rings. The van der Waals surface area contributed by atoms with E-state index < -0.39 is 59.9 Å². The number of imidazole rings is 2. The summed E-state index contributed by atoms with van der Waals surface area (Å²) >= 11 is 0. The lowest BCUT2D eigenvalue weighted by Crippen LogP contribution is -2.60. The van der Waals surface area contributed by atoms with Crippen molar-refractivity contribution in [3.05, 3.63) is 36.4 Å². The number of amides is 4. The van der Waals surface area contributed by atoms with Gasteiger partial charge in [-0.15, -0.1) is 0 Å². The zero-order chi connectivity index (χ0) is 27.5. The van der Waals surface area contributed by atoms with Crippen LogP contribution in [0.2, 0.25) is 0 Å². The molecule has 37 heavy (non-hydrogen) atoms. The van der Waals surface area contributed by atoms with Crippen molar-refractivity contribution >= 4 is 29.6 Å². The van der Waals surface area contributed by atoms with Crippen LogP contribution in [0.25, 0.3) is 0 Å². The molecule has 0 spiro atoms. The molecule has 2 aromatic rings. The number of primary amides is 1. The minimum absolute atomic E-state index is 0.0900. The smallest absolute Gasteiger partial charge is 0.326 e. The first-order chi connectivity index (χ1) is 17.5. The topological polar surface area (TPSA) is 271 Å². The number of hydrogen-bond acceptors (Lipinski definition) is 9. The molecule has 2 aromatic heterocycles. The third-order valence-corrected chi connectivity index (χ3v) is 5.30. The second-order valence-electron chi connectivity index (χ2n) is 8.36. The molecular weight excluding hydrogens is 490 g/mol. The van der Waals surface area contributed by atoms with Crippen LogP contribution in [0.1, 0.15) is 31.2 Å². The SMILES string of the molecule is CC(O)C(NC(=O)C(N)Cc1cnc[nH]1)C(=O)NC(Cc1cnc[nH]1)C(=O)NC(CCC(N)=O)C(=O)O. The average Bonchev–Trinajstić information content (AvgIpc) is 3.53. The number of nitrogens with zero attached hydrogens (tertiary/aromatic N) is 2. The van der Waals surface area contributed by atoms with Gasteiger partial charge in [-0.2, -0.15) is 0 Å². The van der Waals surface area contributed by atoms with Gasteiger partial charge in [0.15, 0.2) is 0 Å². The Hall–Kier alpha value is -4.31. The maximum Gasteiger partial charge on any atom is 0.326 e. The van der Waals surface area contributed by atoms with E-state index >= 15 is 0 Å². The molecule has 4 amide bonds. The van der Waals surface area contributed by atoms with Crippen LogP contribution in [0.3, 0.4) is 0 Å². The number of aliphatic carboxylic acids is 1. The van der Waals surface area contributed by atoms with Crippen molar-refractivity contribution in [1.29, 1.82) is 0 Å². The third-order valence-electron chi connectivity index (χ3n) is 5.30. The van der Waals surface area contributed by atoms with Crippen molar-refractivity contribution in [3.8, 4) is 0 Å². The number of nitrogens with one attached hydrogen (secondary N) is 5. The van der Waals surface area contributed by atoms with Crippen molar-refractivity contribution in [1.82, 2.24) is 35.9 Å². The fraction of sp³-hybridized carbons (Fsp3) is 0.476. The highest BCUT2D eigenvalue weighted by molar-refractivity contribution is 5.94. The number of carbonyl (C=O) groups is 5. The van der Waals surface area contributed by atoms with Gasteiger partial charge in [0.25, 0.3) is 0 Å². The van der Waals surface area contributed by atoms with Gasteiger partial charge in [-0.1, -0.05) is 0 Å². The van der Waals surface area contributed by atoms with Gasteiger partial charge >= 0.3 is 5.97 Å². The number of aliphatic hydroxyl groups is 1. The van der Waals surface area contributed by atoms with Crippen LogP contribution in [-0.2, 0) is 36.8 Å². The van der Waals surface area contributed by atoms with E-state index in [2.05, 4.69) is 35.9 Å². The lowest BCUT2D eigenvalue weighted by atomic mass is 10.1. The predicted molar refractivity (Wildman–Crippen MR) is 126 cm³/mol. The van der Waals surface area contributed by atoms with E-state index in [1.807, 2.05) is 0 Å². The normalized spacial score (nSPS) is 15.0. The molecule has 0 aliphatic rings. The molecule has 2 rings (SSSR count). The number of hydrogen-bond donors (Lipinski definition) is 9. The molecule has 5 unspecified atom stereocenters. The molecule has 0 aliphatic heterocycles. The fourth-order valence-electron chi connectivity index (χ4n) is 3.29. The molecule has 2 heterocycles. The highest BCUT2D eigenvalue weighted by atomic mass is 16.4. The molecule has 0 aliphatic carbocycles. The lowest BCUT2D eigenvalue weighted by Gasteiger charge is -2.26. The van der Waals surface area contributed by atoms with Gasteiger partial charge in [-0.25, -0.2) is 14.8 Å². The number of nitrogens with two attached hydrogens (primary N) is 2. The standard InChI is InChI=1S/C21H31N9O7/c1-10(31)17(30-18(33)13(22)4-11-6-24-8-26-11)20(35)29-15(5-12-7-25-9-27-12)19(34)28-14(21(36)37)2-3-16(23)32/h6-10,13-15,17,31H,2-5,22H2,1H3,(H2,23,32)(H,24,26)(H,25,27)(H,28,34)(H,29,35)(H,30,33)(H,36,37). The Bertz CT molecular complexity index is 1060. The van der Waals surface area contributed by atoms with E-state index in [4.69, 9.17) is 11.5 Å². The van der Waals surface area contributed by atoms with Crippen LogP contribution in [0.5, 0.6) is 0 Å². The Morgan fingerprint density at radius 3 is 1.97 bits per heavy atom. The molecular formula is C21H31N9O7. The van der Waals surface area contributed by atoms with Gasteiger partial charge in [-0.05, 0) is 13.3 Å². The average molecular weight is 522 g/mol. The summed E-state index contributed by atoms with van der Waals surface area (Å²) in [5.41, 5.74) is 12.0. The van der Waals surface area contributed by atoms with E-state index in [-0.39, 0.29) is 25.7 Å². The molecule has 5 atom stereocenters. The first kappa shape index (κ1) is 28.9. The number of carbonyl (C=O) groups excluding carboxylic acids is 4. The van der Waals surface area contributed by atoms with Crippen molar-refractivity contribution < 1.29 is 34.2 Å². The van der Waals surface area contributed by atoms with E-state index in [0.717, 1.165) is 0 Å². The van der Waals surface area contributed by atoms with Crippen LogP contribution in [0, 0.1) is 0 Å². The Morgan fingerprint density at radius 1 is 0.919 bits per heavy atom. The largest absolute Gasteiger partial charge is 0.480 e. The van der Waals surface area contributed by atoms with E-state index in [1.165, 1.54) is 32.0 Å². The monoisotopic (exact) mass is 521 g/mol. The van der Waals surface area contributed by atoms with Crippen LogP contribution in [-0.4, -0.2) is 90.0 Å². The first-order valence-electron chi connectivity index (χ1n) is 11.3. The number of rotatable bonds is 15. The second-order valence-corrected chi connectivity index (χ2v) is 8.36. The quantitative estimate of drug-likeness (QED) is 0.111. The lowest BCUT2D eigenvalue weighted by molar-refractivity contribution is -0.142. The maximum absolute atomic E-state index is 13.0. The van der Waals surface area contributed by atoms with E-state index in [0.29, 0.717) is 11.4 Å². The van der Waals surface area contributed by atoms with Crippen LogP contribution < -0.4 is 27.4 Å². The maximum atomic E-state index is 13.0. The summed E-state index contributed by atoms with van der Waals surface area (Å²) < 4.78 is 0. The summed E-state index contributed by atoms with van der Waals surface area (Å²) in [6, 6.07) is -5.34. The van der Waals surface area contributed by atoms with E-state index in [9.17, 15) is 34.2 Å². The Kier molecular flexibility index (Phi) is 10.7. The minimum atomic E-state index is -1.48. The Morgan fingerprint density at radius 2 is 1.49 bits per heavy atom. The molecule has 11 N–H and O–H groups in total. The molecule has 0 bridgehead atoms. The number of aromatic amines is 2. The third kappa shape index (κ3) is 9.34. The first-order valence-corrected chi connectivity index (χ1v) is 11.3. The minimum Gasteiger partial charge on any atom is -0.480 e. The van der Waals surface area contributed by atoms with Gasteiger partial charge in [0.05, 0.1) is 24.8 Å². The van der Waals surface area contributed by atoms with Gasteiger partial charge in [-0.3, -0.25) is 19.2 Å². The summed E-state index contributed by atoms with van der Waals surface area (Å²) in [5, 5.41) is 26.6. The van der Waals surface area contributed by atoms with Crippen LogP contribution >= 0.6 is 0 Å². The van der Waals surface area contributed by atoms with Crippen molar-refractivity contribution in [2.75, 3.05) is 0 Å². The summed E-state index contributed by atoms with van der Waals surface area (Å²) in [5.74, 6) is -4.68. The highest BCUT2D eigenvalue weighted by Gasteiger charge is 2.33. The highest BCUT2D eigenvalue weighted by Crippen LogP contribution is 2.05. The molecule has 0 saturated heterocycles. The number of aromatic nitrogens is 4. The van der Waals surface area contributed by atoms with Crippen molar-refractivity contribution in [2.45, 2.75) is 62.9 Å². The predicted octanol–water partition coefficient (Wildman–Crippen LogP) is -3.57. The second kappa shape index (κ2) is 13.7. The summed E-state index contributed by atoms with van der Waals surface area (Å²) in [4.78, 5) is 74.3. The summed E-state index contributed by atoms with van der Waals surface area (Å²) in [6.07, 6.45) is 3.69. The molecule has 16 nitrogen and oxygen atoms in total.